The molecule has 2 aliphatic rings. The predicted octanol–water partition coefficient (Wildman–Crippen LogP) is 3.89. The molecule has 2 bridgehead atoms. The van der Waals surface area contributed by atoms with Crippen LogP contribution in [0.4, 0.5) is 5.82 Å². The molecule has 1 saturated carbocycles. The van der Waals surface area contributed by atoms with E-state index >= 15 is 0 Å². The number of hydrogen-bond acceptors (Lipinski definition) is 6. The summed E-state index contributed by atoms with van der Waals surface area (Å²) in [6.45, 7) is 1.60. The van der Waals surface area contributed by atoms with Gasteiger partial charge in [0.15, 0.2) is 5.82 Å². The van der Waals surface area contributed by atoms with Crippen LogP contribution in [0.3, 0.4) is 0 Å². The summed E-state index contributed by atoms with van der Waals surface area (Å²) >= 11 is 5.96. The van der Waals surface area contributed by atoms with E-state index in [0.717, 1.165) is 29.8 Å². The van der Waals surface area contributed by atoms with E-state index in [1.165, 1.54) is 18.9 Å². The summed E-state index contributed by atoms with van der Waals surface area (Å²) in [6, 6.07) is 7.25. The second kappa shape index (κ2) is 6.62. The molecule has 27 heavy (non-hydrogen) atoms. The van der Waals surface area contributed by atoms with Gasteiger partial charge in [0, 0.05) is 51.6 Å². The molecule has 3 heterocycles. The minimum Gasteiger partial charge on any atom is -0.507 e. The number of fused-ring (bicyclic) bond motifs is 3. The van der Waals surface area contributed by atoms with E-state index in [1.54, 1.807) is 24.5 Å². The topological polar surface area (TPSA) is 80.2 Å². The Morgan fingerprint density at radius 1 is 1.07 bits per heavy atom. The molecule has 2 unspecified atom stereocenters. The quantitative estimate of drug-likeness (QED) is 0.715. The summed E-state index contributed by atoms with van der Waals surface area (Å²) in [5, 5.41) is 25.1. The van der Waals surface area contributed by atoms with Crippen molar-refractivity contribution >= 4 is 28.2 Å². The molecular weight excluding hydrogens is 364 g/mol. The van der Waals surface area contributed by atoms with Crippen LogP contribution in [-0.2, 0) is 4.74 Å². The molecule has 138 valence electrons. The van der Waals surface area contributed by atoms with Gasteiger partial charge in [0.05, 0.1) is 13.2 Å². The summed E-state index contributed by atoms with van der Waals surface area (Å²) < 4.78 is 5.68. The summed E-state index contributed by atoms with van der Waals surface area (Å²) in [7, 11) is 0. The zero-order chi connectivity index (χ0) is 18.4. The SMILES string of the molecule is Oc1cc(Cl)ccc1-c1nnc(NC2C3CCC2COC3)c2cnccc12. The van der Waals surface area contributed by atoms with Gasteiger partial charge in [-0.3, -0.25) is 4.98 Å². The van der Waals surface area contributed by atoms with Crippen LogP contribution >= 0.6 is 11.6 Å². The van der Waals surface area contributed by atoms with Gasteiger partial charge < -0.3 is 15.2 Å². The molecule has 7 heteroatoms. The van der Waals surface area contributed by atoms with Gasteiger partial charge in [-0.05, 0) is 37.1 Å². The fourth-order valence-corrected chi connectivity index (χ4v) is 4.48. The Hall–Kier alpha value is -2.44. The average Bonchev–Trinajstić information content (AvgIpc) is 2.89. The van der Waals surface area contributed by atoms with E-state index in [4.69, 9.17) is 16.3 Å². The van der Waals surface area contributed by atoms with Crippen LogP contribution < -0.4 is 5.32 Å². The smallest absolute Gasteiger partial charge is 0.158 e. The number of pyridine rings is 1. The van der Waals surface area contributed by atoms with E-state index < -0.39 is 0 Å². The summed E-state index contributed by atoms with van der Waals surface area (Å²) in [5.74, 6) is 1.84. The lowest BCUT2D eigenvalue weighted by Crippen LogP contribution is -2.39. The highest BCUT2D eigenvalue weighted by Gasteiger charge is 2.40. The number of phenolic OH excluding ortho intramolecular Hbond substituents is 1. The molecule has 2 N–H and O–H groups in total. The third-order valence-electron chi connectivity index (χ3n) is 5.69. The maximum Gasteiger partial charge on any atom is 0.158 e. The number of halogens is 1. The Bertz CT molecular complexity index is 996. The Balaban J connectivity index is 1.58. The van der Waals surface area contributed by atoms with Gasteiger partial charge in [-0.15, -0.1) is 10.2 Å². The molecular formula is C20H19ClN4O2. The standard InChI is InChI=1S/C20H19ClN4O2/c21-13-3-4-15(17(26)7-13)19-14-5-6-22-8-16(14)20(25-24-19)23-18-11-1-2-12(18)10-27-9-11/h3-8,11-12,18,26H,1-2,9-10H2,(H,23,25). The Morgan fingerprint density at radius 2 is 1.89 bits per heavy atom. The lowest BCUT2D eigenvalue weighted by Gasteiger charge is -2.31. The van der Waals surface area contributed by atoms with Gasteiger partial charge in [-0.25, -0.2) is 0 Å². The number of rotatable bonds is 3. The number of aromatic hydroxyl groups is 1. The highest BCUT2D eigenvalue weighted by molar-refractivity contribution is 6.30. The van der Waals surface area contributed by atoms with Crippen molar-refractivity contribution in [2.75, 3.05) is 18.5 Å². The van der Waals surface area contributed by atoms with Crippen LogP contribution in [0.25, 0.3) is 22.0 Å². The van der Waals surface area contributed by atoms with Gasteiger partial charge in [-0.1, -0.05) is 11.6 Å². The molecule has 1 aromatic carbocycles. The first-order valence-electron chi connectivity index (χ1n) is 9.14. The lowest BCUT2D eigenvalue weighted by atomic mass is 9.96. The first kappa shape index (κ1) is 16.7. The minimum atomic E-state index is 0.0816. The Labute approximate surface area is 161 Å². The number of anilines is 1. The molecule has 1 saturated heterocycles. The molecule has 2 atom stereocenters. The van der Waals surface area contributed by atoms with Crippen molar-refractivity contribution in [1.29, 1.82) is 0 Å². The van der Waals surface area contributed by atoms with Crippen LogP contribution in [0.15, 0.2) is 36.7 Å². The second-order valence-corrected chi connectivity index (χ2v) is 7.72. The second-order valence-electron chi connectivity index (χ2n) is 7.29. The molecule has 6 nitrogen and oxygen atoms in total. The van der Waals surface area contributed by atoms with Crippen molar-refractivity contribution in [2.45, 2.75) is 18.9 Å². The molecule has 1 aliphatic carbocycles. The zero-order valence-electron chi connectivity index (χ0n) is 14.6. The number of nitrogens with zero attached hydrogens (tertiary/aromatic N) is 3. The third-order valence-corrected chi connectivity index (χ3v) is 5.92. The molecule has 2 aromatic heterocycles. The average molecular weight is 383 g/mol. The number of phenols is 1. The predicted molar refractivity (Wildman–Crippen MR) is 104 cm³/mol. The molecule has 3 aromatic rings. The number of aromatic nitrogens is 3. The van der Waals surface area contributed by atoms with E-state index in [0.29, 0.717) is 34.2 Å². The maximum atomic E-state index is 10.3. The summed E-state index contributed by atoms with van der Waals surface area (Å²) in [5.41, 5.74) is 1.21. The monoisotopic (exact) mass is 382 g/mol. The normalized spacial score (nSPS) is 24.3. The third kappa shape index (κ3) is 2.89. The Morgan fingerprint density at radius 3 is 2.67 bits per heavy atom. The Kier molecular flexibility index (Phi) is 4.10. The zero-order valence-corrected chi connectivity index (χ0v) is 15.4. The molecule has 5 rings (SSSR count). The van der Waals surface area contributed by atoms with Crippen LogP contribution in [0.2, 0.25) is 5.02 Å². The van der Waals surface area contributed by atoms with E-state index in [1.807, 2.05) is 6.07 Å². The molecule has 0 amide bonds. The number of benzene rings is 1. The first-order valence-corrected chi connectivity index (χ1v) is 9.52. The largest absolute Gasteiger partial charge is 0.507 e. The summed E-state index contributed by atoms with van der Waals surface area (Å²) in [6.07, 6.45) is 5.89. The number of nitrogens with one attached hydrogen (secondary N) is 1. The van der Waals surface area contributed by atoms with Gasteiger partial charge in [0.1, 0.15) is 11.4 Å². The van der Waals surface area contributed by atoms with Crippen molar-refractivity contribution in [1.82, 2.24) is 15.2 Å². The highest BCUT2D eigenvalue weighted by atomic mass is 35.5. The van der Waals surface area contributed by atoms with E-state index in [9.17, 15) is 5.11 Å². The van der Waals surface area contributed by atoms with Gasteiger partial charge >= 0.3 is 0 Å². The van der Waals surface area contributed by atoms with Gasteiger partial charge in [0.25, 0.3) is 0 Å². The summed E-state index contributed by atoms with van der Waals surface area (Å²) in [4.78, 5) is 4.28. The van der Waals surface area contributed by atoms with Crippen LogP contribution in [0, 0.1) is 11.8 Å². The van der Waals surface area contributed by atoms with Gasteiger partial charge in [-0.2, -0.15) is 0 Å². The molecule has 2 fully saturated rings. The first-order chi connectivity index (χ1) is 13.2. The number of ether oxygens (including phenoxy) is 1. The van der Waals surface area contributed by atoms with Crippen LogP contribution in [0.1, 0.15) is 12.8 Å². The fourth-order valence-electron chi connectivity index (χ4n) is 4.32. The maximum absolute atomic E-state index is 10.3. The van der Waals surface area contributed by atoms with Crippen molar-refractivity contribution in [3.63, 3.8) is 0 Å². The van der Waals surface area contributed by atoms with Crippen LogP contribution in [-0.4, -0.2) is 39.5 Å². The fraction of sp³-hybridized carbons (Fsp3) is 0.350. The molecule has 0 spiro atoms. The van der Waals surface area contributed by atoms with Crippen molar-refractivity contribution in [2.24, 2.45) is 11.8 Å². The minimum absolute atomic E-state index is 0.0816. The molecule has 1 aliphatic heterocycles. The van der Waals surface area contributed by atoms with Crippen molar-refractivity contribution in [3.05, 3.63) is 41.7 Å². The van der Waals surface area contributed by atoms with E-state index in [-0.39, 0.29) is 5.75 Å². The van der Waals surface area contributed by atoms with Gasteiger partial charge in [0.2, 0.25) is 0 Å². The molecule has 0 radical (unpaired) electrons. The van der Waals surface area contributed by atoms with Crippen molar-refractivity contribution in [3.8, 4) is 17.0 Å². The van der Waals surface area contributed by atoms with E-state index in [2.05, 4.69) is 20.5 Å². The highest BCUT2D eigenvalue weighted by Crippen LogP contribution is 2.39. The lowest BCUT2D eigenvalue weighted by molar-refractivity contribution is 0.0392. The van der Waals surface area contributed by atoms with Crippen molar-refractivity contribution < 1.29 is 9.84 Å². The van der Waals surface area contributed by atoms with Crippen LogP contribution in [0.5, 0.6) is 5.75 Å². The number of hydrogen-bond donors (Lipinski definition) is 2.